The first kappa shape index (κ1) is 16.0. The number of halogens is 4. The van der Waals surface area contributed by atoms with Crippen molar-refractivity contribution in [3.05, 3.63) is 51.8 Å². The van der Waals surface area contributed by atoms with E-state index in [1.54, 1.807) is 24.0 Å². The number of alkyl halides is 3. The maximum atomic E-state index is 13.1. The summed E-state index contributed by atoms with van der Waals surface area (Å²) in [4.78, 5) is 0. The van der Waals surface area contributed by atoms with Gasteiger partial charge in [-0.3, -0.25) is 4.68 Å². The second kappa shape index (κ2) is 6.19. The van der Waals surface area contributed by atoms with Gasteiger partial charge in [-0.05, 0) is 36.6 Å². The normalized spacial score (nSPS) is 13.4. The molecule has 0 fully saturated rings. The number of aromatic nitrogens is 2. The molecule has 0 bridgehead atoms. The van der Waals surface area contributed by atoms with Gasteiger partial charge in [0.05, 0.1) is 5.56 Å². The number of aryl methyl sites for hydroxylation is 2. The van der Waals surface area contributed by atoms with Crippen molar-refractivity contribution in [3.8, 4) is 0 Å². The maximum Gasteiger partial charge on any atom is 0.416 e. The van der Waals surface area contributed by atoms with Crippen LogP contribution in [0.1, 0.15) is 29.3 Å². The highest BCUT2D eigenvalue weighted by Crippen LogP contribution is 2.36. The highest BCUT2D eigenvalue weighted by Gasteiger charge is 2.34. The monoisotopic (exact) mass is 361 g/mol. The Morgan fingerprint density at radius 1 is 1.33 bits per heavy atom. The third-order valence-electron chi connectivity index (χ3n) is 3.35. The van der Waals surface area contributed by atoms with E-state index in [4.69, 9.17) is 5.73 Å². The summed E-state index contributed by atoms with van der Waals surface area (Å²) in [5.41, 5.74) is 6.34. The second-order valence-corrected chi connectivity index (χ2v) is 5.74. The van der Waals surface area contributed by atoms with Gasteiger partial charge in [-0.15, -0.1) is 0 Å². The third-order valence-corrected chi connectivity index (χ3v) is 3.85. The molecule has 7 heteroatoms. The van der Waals surface area contributed by atoms with Crippen molar-refractivity contribution in [1.82, 2.24) is 9.78 Å². The van der Waals surface area contributed by atoms with Crippen molar-refractivity contribution in [2.24, 2.45) is 12.8 Å². The molecule has 0 aliphatic heterocycles. The first-order chi connectivity index (χ1) is 9.79. The molecule has 3 nitrogen and oxygen atoms in total. The van der Waals surface area contributed by atoms with E-state index in [1.807, 2.05) is 6.07 Å². The molecule has 1 heterocycles. The molecule has 0 radical (unpaired) electrons. The van der Waals surface area contributed by atoms with Gasteiger partial charge in [0.1, 0.15) is 0 Å². The molecule has 1 unspecified atom stereocenters. The van der Waals surface area contributed by atoms with Gasteiger partial charge in [0, 0.05) is 29.5 Å². The van der Waals surface area contributed by atoms with E-state index in [1.165, 1.54) is 6.07 Å². The smallest absolute Gasteiger partial charge is 0.324 e. The molecule has 2 aromatic rings. The highest BCUT2D eigenvalue weighted by molar-refractivity contribution is 9.10. The molecule has 1 aromatic heterocycles. The minimum absolute atomic E-state index is 0.118. The molecule has 0 saturated heterocycles. The van der Waals surface area contributed by atoms with E-state index in [2.05, 4.69) is 21.0 Å². The van der Waals surface area contributed by atoms with Gasteiger partial charge in [0.2, 0.25) is 0 Å². The van der Waals surface area contributed by atoms with Crippen LogP contribution in [-0.4, -0.2) is 9.78 Å². The van der Waals surface area contributed by atoms with Crippen LogP contribution in [0.5, 0.6) is 0 Å². The lowest BCUT2D eigenvalue weighted by atomic mass is 9.96. The van der Waals surface area contributed by atoms with Crippen LogP contribution in [0.3, 0.4) is 0 Å². The molecule has 1 atom stereocenters. The minimum Gasteiger partial charge on any atom is -0.324 e. The van der Waals surface area contributed by atoms with Crippen molar-refractivity contribution >= 4 is 15.9 Å². The number of benzene rings is 1. The van der Waals surface area contributed by atoms with E-state index in [9.17, 15) is 13.2 Å². The molecule has 0 aliphatic rings. The minimum atomic E-state index is -4.41. The van der Waals surface area contributed by atoms with Gasteiger partial charge in [-0.25, -0.2) is 0 Å². The Morgan fingerprint density at radius 2 is 2.05 bits per heavy atom. The largest absolute Gasteiger partial charge is 0.416 e. The Hall–Kier alpha value is -1.34. The van der Waals surface area contributed by atoms with Crippen LogP contribution in [0, 0.1) is 0 Å². The van der Waals surface area contributed by atoms with Crippen molar-refractivity contribution in [3.63, 3.8) is 0 Å². The van der Waals surface area contributed by atoms with Crippen molar-refractivity contribution < 1.29 is 13.2 Å². The van der Waals surface area contributed by atoms with Crippen LogP contribution in [0.4, 0.5) is 13.2 Å². The fourth-order valence-electron chi connectivity index (χ4n) is 2.20. The lowest BCUT2D eigenvalue weighted by molar-refractivity contribution is -0.138. The fraction of sp³-hybridized carbons (Fsp3) is 0.357. The van der Waals surface area contributed by atoms with Gasteiger partial charge >= 0.3 is 6.18 Å². The highest BCUT2D eigenvalue weighted by atomic mass is 79.9. The number of rotatable bonds is 4. The average Bonchev–Trinajstić information content (AvgIpc) is 2.80. The molecule has 0 aliphatic carbocycles. The van der Waals surface area contributed by atoms with Crippen LogP contribution in [0.15, 0.2) is 34.9 Å². The zero-order valence-electron chi connectivity index (χ0n) is 11.4. The van der Waals surface area contributed by atoms with E-state index in [0.717, 1.165) is 11.8 Å². The lowest BCUT2D eigenvalue weighted by Crippen LogP contribution is -2.18. The molecule has 2 N–H and O–H groups in total. The Kier molecular flexibility index (Phi) is 4.73. The topological polar surface area (TPSA) is 43.8 Å². The zero-order valence-corrected chi connectivity index (χ0v) is 12.9. The van der Waals surface area contributed by atoms with E-state index < -0.39 is 17.8 Å². The Labute approximate surface area is 129 Å². The van der Waals surface area contributed by atoms with Crippen LogP contribution in [-0.2, 0) is 19.6 Å². The number of hydrogen-bond acceptors (Lipinski definition) is 2. The fourth-order valence-corrected chi connectivity index (χ4v) is 2.56. The van der Waals surface area contributed by atoms with Gasteiger partial charge < -0.3 is 5.73 Å². The van der Waals surface area contributed by atoms with Gasteiger partial charge in [-0.2, -0.15) is 18.3 Å². The standard InChI is InChI=1S/C14H15BrF3N3/c1-21-10(6-7-20-21)3-5-13(19)11-4-2-9(15)8-12(11)14(16,17)18/h2,4,6-8,13H,3,5,19H2,1H3. The Morgan fingerprint density at radius 3 is 2.62 bits per heavy atom. The summed E-state index contributed by atoms with van der Waals surface area (Å²) in [6, 6.07) is 5.23. The summed E-state index contributed by atoms with van der Waals surface area (Å²) in [7, 11) is 1.79. The van der Waals surface area contributed by atoms with Crippen LogP contribution < -0.4 is 5.73 Å². The molecule has 0 amide bonds. The molecular formula is C14H15BrF3N3. The van der Waals surface area contributed by atoms with Crippen LogP contribution in [0.25, 0.3) is 0 Å². The summed E-state index contributed by atoms with van der Waals surface area (Å²) in [6.07, 6.45) is -1.76. The predicted octanol–water partition coefficient (Wildman–Crippen LogP) is 3.83. The van der Waals surface area contributed by atoms with Crippen LogP contribution >= 0.6 is 15.9 Å². The quantitative estimate of drug-likeness (QED) is 0.898. The lowest BCUT2D eigenvalue weighted by Gasteiger charge is -2.18. The van der Waals surface area contributed by atoms with Gasteiger partial charge in [0.25, 0.3) is 0 Å². The first-order valence-electron chi connectivity index (χ1n) is 6.38. The van der Waals surface area contributed by atoms with Crippen molar-refractivity contribution in [2.75, 3.05) is 0 Å². The summed E-state index contributed by atoms with van der Waals surface area (Å²) in [6.45, 7) is 0. The first-order valence-corrected chi connectivity index (χ1v) is 7.17. The third kappa shape index (κ3) is 3.85. The van der Waals surface area contributed by atoms with E-state index >= 15 is 0 Å². The molecular weight excluding hydrogens is 347 g/mol. The zero-order chi connectivity index (χ0) is 15.6. The molecule has 0 saturated carbocycles. The molecule has 0 spiro atoms. The maximum absolute atomic E-state index is 13.1. The second-order valence-electron chi connectivity index (χ2n) is 4.82. The predicted molar refractivity (Wildman–Crippen MR) is 77.6 cm³/mol. The van der Waals surface area contributed by atoms with E-state index in [-0.39, 0.29) is 5.56 Å². The number of nitrogens with zero attached hydrogens (tertiary/aromatic N) is 2. The average molecular weight is 362 g/mol. The van der Waals surface area contributed by atoms with Crippen LogP contribution in [0.2, 0.25) is 0 Å². The molecule has 114 valence electrons. The summed E-state index contributed by atoms with van der Waals surface area (Å²) in [5, 5.41) is 4.03. The Balaban J connectivity index is 2.19. The molecule has 1 aromatic carbocycles. The summed E-state index contributed by atoms with van der Waals surface area (Å²) < 4.78 is 41.3. The SMILES string of the molecule is Cn1nccc1CCC(N)c1ccc(Br)cc1C(F)(F)F. The number of hydrogen-bond donors (Lipinski definition) is 1. The van der Waals surface area contributed by atoms with Gasteiger partial charge in [-0.1, -0.05) is 22.0 Å². The summed E-state index contributed by atoms with van der Waals surface area (Å²) in [5.74, 6) is 0. The molecule has 2 rings (SSSR count). The number of nitrogens with two attached hydrogens (primary N) is 1. The van der Waals surface area contributed by atoms with Gasteiger partial charge in [0.15, 0.2) is 0 Å². The van der Waals surface area contributed by atoms with Crippen molar-refractivity contribution in [1.29, 1.82) is 0 Å². The Bertz CT molecular complexity index is 622. The van der Waals surface area contributed by atoms with Crippen molar-refractivity contribution in [2.45, 2.75) is 25.1 Å². The molecule has 21 heavy (non-hydrogen) atoms. The summed E-state index contributed by atoms with van der Waals surface area (Å²) >= 11 is 3.07. The van der Waals surface area contributed by atoms with E-state index in [0.29, 0.717) is 17.3 Å².